The van der Waals surface area contributed by atoms with E-state index in [4.69, 9.17) is 23.7 Å². The van der Waals surface area contributed by atoms with E-state index in [1.165, 1.54) is 12.0 Å². The molecule has 2 aliphatic heterocycles. The molecule has 1 aliphatic carbocycles. The summed E-state index contributed by atoms with van der Waals surface area (Å²) in [5.41, 5.74) is 1.30. The Morgan fingerprint density at radius 2 is 1.67 bits per heavy atom. The quantitative estimate of drug-likeness (QED) is 0.0428. The molecule has 4 rings (SSSR count). The number of methoxy groups -OCH3 is 3. The Kier molecular flexibility index (Phi) is 22.9. The molecular formula is C53H83N5O12. The van der Waals surface area contributed by atoms with Crippen molar-refractivity contribution in [2.75, 3.05) is 27.9 Å². The minimum absolute atomic E-state index is 0.0541. The molecule has 14 atom stereocenters. The van der Waals surface area contributed by atoms with Crippen molar-refractivity contribution >= 4 is 29.2 Å². The van der Waals surface area contributed by atoms with E-state index in [2.05, 4.69) is 22.1 Å². The highest BCUT2D eigenvalue weighted by atomic mass is 16.6. The summed E-state index contributed by atoms with van der Waals surface area (Å²) < 4.78 is 31.3. The standard InChI is InChI=1S/C53H83N5O12/c1-13-14-15-18-33(4)44(66-10)29-40-22-20-38(9)53(65,70-40)50(62)51(63)57-24-17-16-19-42(57)52(64)69-45(35(6)27-39-21-23-41(46(28-39)67-11)58-31-54-55-56-58)30-43(59)34(5)26-37(8)48(61)49(68-12)47(60)36(7)25-32(2)3/h13-15,18,26,31-32,34-36,38-42,44-46,48-49,61,65H,1,16-17,19-25,27-30H2,2-12H3/b15-14+,33-18+,37-26+/t34-,35-,36-,38-,39+,40+,41+,42+,44+,45+,46-,48-,49+,53-/m1/s1. The number of hydrogen-bond donors (Lipinski definition) is 2. The monoisotopic (exact) mass is 982 g/mol. The average molecular weight is 982 g/mol. The van der Waals surface area contributed by atoms with Crippen molar-refractivity contribution in [1.82, 2.24) is 25.1 Å². The summed E-state index contributed by atoms with van der Waals surface area (Å²) in [7, 11) is 4.61. The number of aliphatic hydroxyl groups is 2. The first-order valence-corrected chi connectivity index (χ1v) is 25.4. The van der Waals surface area contributed by atoms with Crippen molar-refractivity contribution in [2.24, 2.45) is 35.5 Å². The number of amides is 1. The third-order valence-corrected chi connectivity index (χ3v) is 14.9. The first-order valence-electron chi connectivity index (χ1n) is 25.4. The van der Waals surface area contributed by atoms with Crippen molar-refractivity contribution in [3.8, 4) is 0 Å². The molecule has 1 saturated carbocycles. The third kappa shape index (κ3) is 15.4. The van der Waals surface area contributed by atoms with Crippen molar-refractivity contribution in [3.05, 3.63) is 54.4 Å². The number of allylic oxidation sites excluding steroid dienone is 5. The summed E-state index contributed by atoms with van der Waals surface area (Å²) in [6.45, 7) is 18.5. The van der Waals surface area contributed by atoms with Crippen LogP contribution in [0.25, 0.3) is 0 Å². The van der Waals surface area contributed by atoms with Gasteiger partial charge in [-0.2, -0.15) is 0 Å². The number of carbonyl (C=O) groups excluding carboxylic acids is 5. The Balaban J connectivity index is 1.56. The summed E-state index contributed by atoms with van der Waals surface area (Å²) in [6, 6.07) is -1.20. The Morgan fingerprint density at radius 1 is 0.943 bits per heavy atom. The summed E-state index contributed by atoms with van der Waals surface area (Å²) in [4.78, 5) is 71.8. The number of nitrogens with zero attached hydrogens (tertiary/aromatic N) is 5. The zero-order valence-corrected chi connectivity index (χ0v) is 43.7. The SMILES string of the molecule is C=C/C=C/C=C(\C)[C@H](C[C@@H]1CC[C@@H](C)[C@](O)(C(=O)C(=O)N2CCCC[C@H]2C(=O)O[C@@H](CC(=O)[C@H](C)/C=C(\C)[C@@H](O)[C@@H](OC)C(=O)[C@H](C)CC(C)C)[C@H](C)C[C@@H]2CC[C@H](n3cnnn3)[C@H](OC)C2)O1)OC. The molecule has 17 heteroatoms. The van der Waals surface area contributed by atoms with Crippen LogP contribution in [-0.2, 0) is 47.7 Å². The summed E-state index contributed by atoms with van der Waals surface area (Å²) in [6.07, 6.45) is 11.8. The lowest BCUT2D eigenvalue weighted by atomic mass is 9.77. The molecule has 2 N–H and O–H groups in total. The van der Waals surface area contributed by atoms with Gasteiger partial charge < -0.3 is 38.8 Å². The molecule has 0 aromatic carbocycles. The van der Waals surface area contributed by atoms with E-state index < -0.39 is 65.7 Å². The number of ketones is 3. The number of Topliss-reactive ketones (excluding diaryl/α,β-unsaturated/α-hetero) is 3. The highest BCUT2D eigenvalue weighted by Crippen LogP contribution is 2.39. The van der Waals surface area contributed by atoms with Crippen molar-refractivity contribution in [3.63, 3.8) is 0 Å². The van der Waals surface area contributed by atoms with Gasteiger partial charge in [0, 0.05) is 58.5 Å². The topological polar surface area (TPSA) is 219 Å². The minimum atomic E-state index is -2.43. The molecule has 3 aliphatic rings. The summed E-state index contributed by atoms with van der Waals surface area (Å²) >= 11 is 0. The van der Waals surface area contributed by atoms with E-state index >= 15 is 0 Å². The van der Waals surface area contributed by atoms with E-state index in [1.807, 2.05) is 46.8 Å². The van der Waals surface area contributed by atoms with Gasteiger partial charge in [0.2, 0.25) is 5.79 Å². The van der Waals surface area contributed by atoms with Gasteiger partial charge in [0.15, 0.2) is 5.78 Å². The fourth-order valence-electron chi connectivity index (χ4n) is 10.6. The lowest BCUT2D eigenvalue weighted by Gasteiger charge is -2.42. The predicted octanol–water partition coefficient (Wildman–Crippen LogP) is 6.68. The maximum atomic E-state index is 14.5. The molecule has 1 aromatic rings. The second-order valence-electron chi connectivity index (χ2n) is 20.6. The van der Waals surface area contributed by atoms with Crippen LogP contribution in [0.1, 0.15) is 138 Å². The molecule has 0 radical (unpaired) electrons. The summed E-state index contributed by atoms with van der Waals surface area (Å²) in [5.74, 6) is -7.55. The minimum Gasteiger partial charge on any atom is -0.460 e. The smallest absolute Gasteiger partial charge is 0.329 e. The second-order valence-corrected chi connectivity index (χ2v) is 20.6. The largest absolute Gasteiger partial charge is 0.460 e. The highest BCUT2D eigenvalue weighted by molar-refractivity contribution is 6.39. The van der Waals surface area contributed by atoms with Crippen molar-refractivity contribution < 1.29 is 57.9 Å². The van der Waals surface area contributed by atoms with Gasteiger partial charge in [-0.05, 0) is 117 Å². The average Bonchev–Trinajstić information content (AvgIpc) is 3.88. The van der Waals surface area contributed by atoms with E-state index in [1.54, 1.807) is 64.2 Å². The van der Waals surface area contributed by atoms with Gasteiger partial charge in [-0.15, -0.1) is 5.10 Å². The molecule has 1 amide bonds. The highest BCUT2D eigenvalue weighted by Gasteiger charge is 2.53. The number of rotatable bonds is 26. The molecule has 0 bridgehead atoms. The molecule has 0 unspecified atom stereocenters. The van der Waals surface area contributed by atoms with E-state index in [0.717, 1.165) is 18.4 Å². The zero-order chi connectivity index (χ0) is 51.9. The lowest BCUT2D eigenvalue weighted by molar-refractivity contribution is -0.265. The van der Waals surface area contributed by atoms with Crippen LogP contribution in [0.5, 0.6) is 0 Å². The molecule has 0 spiro atoms. The fourth-order valence-corrected chi connectivity index (χ4v) is 10.6. The van der Waals surface area contributed by atoms with Crippen LogP contribution in [0.15, 0.2) is 54.4 Å². The normalized spacial score (nSPS) is 27.8. The van der Waals surface area contributed by atoms with E-state index in [9.17, 15) is 34.2 Å². The van der Waals surface area contributed by atoms with Crippen LogP contribution in [-0.4, -0.2) is 141 Å². The van der Waals surface area contributed by atoms with E-state index in [-0.39, 0.29) is 72.9 Å². The van der Waals surface area contributed by atoms with Gasteiger partial charge in [-0.3, -0.25) is 19.2 Å². The molecule has 392 valence electrons. The number of tetrazole rings is 1. The van der Waals surface area contributed by atoms with Gasteiger partial charge >= 0.3 is 5.97 Å². The van der Waals surface area contributed by atoms with Crippen LogP contribution in [0.4, 0.5) is 0 Å². The maximum Gasteiger partial charge on any atom is 0.329 e. The first kappa shape index (κ1) is 58.3. The number of likely N-dealkylation sites (tertiary alicyclic amines) is 1. The van der Waals surface area contributed by atoms with Crippen LogP contribution >= 0.6 is 0 Å². The number of hydrogen-bond acceptors (Lipinski definition) is 15. The lowest BCUT2D eigenvalue weighted by Crippen LogP contribution is -2.61. The van der Waals surface area contributed by atoms with Gasteiger partial charge in [0.05, 0.1) is 24.4 Å². The molecule has 3 fully saturated rings. The predicted molar refractivity (Wildman–Crippen MR) is 263 cm³/mol. The molecule has 1 aromatic heterocycles. The maximum absolute atomic E-state index is 14.5. The Morgan fingerprint density at radius 3 is 2.30 bits per heavy atom. The first-order chi connectivity index (χ1) is 33.2. The number of piperidine rings is 1. The van der Waals surface area contributed by atoms with Crippen molar-refractivity contribution in [2.45, 2.75) is 187 Å². The zero-order valence-electron chi connectivity index (χ0n) is 43.7. The van der Waals surface area contributed by atoms with Gasteiger partial charge in [0.25, 0.3) is 11.7 Å². The molecule has 17 nitrogen and oxygen atoms in total. The Hall–Kier alpha value is -4.26. The van der Waals surface area contributed by atoms with Crippen LogP contribution in [0.3, 0.4) is 0 Å². The van der Waals surface area contributed by atoms with E-state index in [0.29, 0.717) is 56.9 Å². The summed E-state index contributed by atoms with van der Waals surface area (Å²) in [5, 5.41) is 35.0. The molecule has 2 saturated heterocycles. The number of carbonyl (C=O) groups is 5. The van der Waals surface area contributed by atoms with Crippen molar-refractivity contribution in [1.29, 1.82) is 0 Å². The molecule has 70 heavy (non-hydrogen) atoms. The fraction of sp³-hybridized carbons (Fsp3) is 0.736. The van der Waals surface area contributed by atoms with Gasteiger partial charge in [0.1, 0.15) is 36.5 Å². The van der Waals surface area contributed by atoms with Crippen LogP contribution in [0, 0.1) is 35.5 Å². The molecular weight excluding hydrogens is 899 g/mol. The van der Waals surface area contributed by atoms with Crippen LogP contribution in [0.2, 0.25) is 0 Å². The number of esters is 1. The third-order valence-electron chi connectivity index (χ3n) is 14.9. The van der Waals surface area contributed by atoms with Gasteiger partial charge in [-0.25, -0.2) is 9.48 Å². The van der Waals surface area contributed by atoms with Crippen LogP contribution < -0.4 is 0 Å². The second kappa shape index (κ2) is 27.5. The number of aliphatic hydroxyl groups excluding tert-OH is 1. The van der Waals surface area contributed by atoms with Gasteiger partial charge in [-0.1, -0.05) is 78.5 Å². The Bertz CT molecular complexity index is 1990. The number of ether oxygens (including phenoxy) is 5. The Labute approximate surface area is 415 Å². The molecule has 3 heterocycles. The number of aromatic nitrogens is 4.